The SMILES string of the molecule is Cc1cc(Br)ccc1Cc1c(C(=O)COCC2CC2)cc2c(ncn2CCCCN2CCNCC2)c1F. The van der Waals surface area contributed by atoms with E-state index in [1.165, 1.54) is 0 Å². The molecule has 0 bridgehead atoms. The molecule has 1 aliphatic heterocycles. The van der Waals surface area contributed by atoms with Crippen molar-refractivity contribution in [3.8, 4) is 0 Å². The van der Waals surface area contributed by atoms with Crippen molar-refractivity contribution in [1.82, 2.24) is 19.8 Å². The molecular formula is C29H36BrFN4O2. The number of imidazole rings is 1. The van der Waals surface area contributed by atoms with Gasteiger partial charge in [0.1, 0.15) is 12.1 Å². The number of nitrogens with zero attached hydrogens (tertiary/aromatic N) is 3. The Bertz CT molecular complexity index is 1250. The zero-order valence-electron chi connectivity index (χ0n) is 21.6. The molecular weight excluding hydrogens is 535 g/mol. The number of fused-ring (bicyclic) bond motifs is 1. The van der Waals surface area contributed by atoms with Crippen LogP contribution in [0.3, 0.4) is 0 Å². The summed E-state index contributed by atoms with van der Waals surface area (Å²) < 4.78 is 24.7. The average Bonchev–Trinajstić information content (AvgIpc) is 3.63. The van der Waals surface area contributed by atoms with Gasteiger partial charge in [-0.25, -0.2) is 9.37 Å². The van der Waals surface area contributed by atoms with Crippen LogP contribution in [0.5, 0.6) is 0 Å². The van der Waals surface area contributed by atoms with Gasteiger partial charge in [-0.2, -0.15) is 0 Å². The number of hydrogen-bond acceptors (Lipinski definition) is 5. The van der Waals surface area contributed by atoms with Crippen LogP contribution in [0.4, 0.5) is 4.39 Å². The van der Waals surface area contributed by atoms with Crippen LogP contribution in [0.2, 0.25) is 0 Å². The largest absolute Gasteiger partial charge is 0.373 e. The first-order valence-electron chi connectivity index (χ1n) is 13.4. The monoisotopic (exact) mass is 570 g/mol. The first-order chi connectivity index (χ1) is 18.0. The van der Waals surface area contributed by atoms with Crippen molar-refractivity contribution < 1.29 is 13.9 Å². The molecule has 1 saturated carbocycles. The van der Waals surface area contributed by atoms with E-state index in [1.54, 1.807) is 6.33 Å². The molecule has 2 heterocycles. The summed E-state index contributed by atoms with van der Waals surface area (Å²) in [5.41, 5.74) is 3.87. The van der Waals surface area contributed by atoms with Gasteiger partial charge in [0.15, 0.2) is 11.6 Å². The van der Waals surface area contributed by atoms with Gasteiger partial charge in [-0.05, 0) is 74.4 Å². The second-order valence-corrected chi connectivity index (χ2v) is 11.4. The van der Waals surface area contributed by atoms with Crippen molar-refractivity contribution >= 4 is 32.7 Å². The smallest absolute Gasteiger partial charge is 0.188 e. The third-order valence-corrected chi connectivity index (χ3v) is 8.04. The fourth-order valence-corrected chi connectivity index (χ4v) is 5.55. The van der Waals surface area contributed by atoms with Gasteiger partial charge in [0.25, 0.3) is 0 Å². The molecule has 2 fully saturated rings. The standard InChI is InChI=1S/C29H36BrFN4O2/c1-20-14-23(30)7-6-22(20)15-25-24(27(36)18-37-17-21-4-5-21)16-26-29(28(25)31)33-19-35(26)11-3-2-10-34-12-8-32-9-13-34/h6-7,14,16,19,21,32H,2-5,8-13,15,17-18H2,1H3. The number of rotatable bonds is 12. The van der Waals surface area contributed by atoms with E-state index in [-0.39, 0.29) is 12.4 Å². The molecule has 1 saturated heterocycles. The Morgan fingerprint density at radius 1 is 1.19 bits per heavy atom. The van der Waals surface area contributed by atoms with Crippen LogP contribution in [-0.4, -0.2) is 66.2 Å². The molecule has 5 rings (SSSR count). The highest BCUT2D eigenvalue weighted by atomic mass is 79.9. The quantitative estimate of drug-likeness (QED) is 0.241. The van der Waals surface area contributed by atoms with Crippen molar-refractivity contribution in [3.63, 3.8) is 0 Å². The Kier molecular flexibility index (Phi) is 8.70. The molecule has 2 aliphatic rings. The minimum atomic E-state index is -0.398. The van der Waals surface area contributed by atoms with Crippen LogP contribution in [0.25, 0.3) is 11.0 Å². The van der Waals surface area contributed by atoms with Gasteiger partial charge in [0.2, 0.25) is 0 Å². The Hall–Kier alpha value is -2.13. The van der Waals surface area contributed by atoms with Gasteiger partial charge in [-0.3, -0.25) is 4.79 Å². The molecule has 1 N–H and O–H groups in total. The van der Waals surface area contributed by atoms with Crippen LogP contribution in [0.1, 0.15) is 52.7 Å². The molecule has 6 nitrogen and oxygen atoms in total. The zero-order chi connectivity index (χ0) is 25.8. The summed E-state index contributed by atoms with van der Waals surface area (Å²) in [6.07, 6.45) is 6.43. The molecule has 0 spiro atoms. The summed E-state index contributed by atoms with van der Waals surface area (Å²) in [5.74, 6) is 0.00198. The number of ether oxygens (including phenoxy) is 1. The number of carbonyl (C=O) groups is 1. The number of Topliss-reactive ketones (excluding diaryl/α,β-unsaturated/α-hetero) is 1. The van der Waals surface area contributed by atoms with E-state index >= 15 is 4.39 Å². The van der Waals surface area contributed by atoms with Gasteiger partial charge in [0.05, 0.1) is 18.5 Å². The van der Waals surface area contributed by atoms with Gasteiger partial charge in [0, 0.05) is 54.7 Å². The Morgan fingerprint density at radius 2 is 1.97 bits per heavy atom. The Labute approximate surface area is 226 Å². The number of nitrogens with one attached hydrogen (secondary N) is 1. The van der Waals surface area contributed by atoms with Crippen molar-refractivity contribution in [1.29, 1.82) is 0 Å². The second-order valence-electron chi connectivity index (χ2n) is 10.5. The Balaban J connectivity index is 1.37. The van der Waals surface area contributed by atoms with E-state index in [1.807, 2.05) is 35.8 Å². The lowest BCUT2D eigenvalue weighted by Crippen LogP contribution is -2.43. The van der Waals surface area contributed by atoms with Crippen LogP contribution in [-0.2, 0) is 17.7 Å². The third-order valence-electron chi connectivity index (χ3n) is 7.55. The number of piperazine rings is 1. The van der Waals surface area contributed by atoms with E-state index in [9.17, 15) is 4.79 Å². The zero-order valence-corrected chi connectivity index (χ0v) is 23.2. The summed E-state index contributed by atoms with van der Waals surface area (Å²) in [4.78, 5) is 20.2. The highest BCUT2D eigenvalue weighted by Crippen LogP contribution is 2.30. The van der Waals surface area contributed by atoms with Crippen molar-refractivity contribution in [2.45, 2.75) is 45.6 Å². The van der Waals surface area contributed by atoms with Crippen LogP contribution in [0.15, 0.2) is 35.1 Å². The van der Waals surface area contributed by atoms with Crippen LogP contribution in [0, 0.1) is 18.7 Å². The Morgan fingerprint density at radius 3 is 2.73 bits per heavy atom. The first kappa shape index (κ1) is 26.5. The minimum absolute atomic E-state index is 0.0212. The van der Waals surface area contributed by atoms with Gasteiger partial charge >= 0.3 is 0 Å². The number of unbranched alkanes of at least 4 members (excludes halogenated alkanes) is 1. The number of halogens is 2. The molecule has 0 amide bonds. The summed E-state index contributed by atoms with van der Waals surface area (Å²) in [6.45, 7) is 8.69. The lowest BCUT2D eigenvalue weighted by molar-refractivity contribution is 0.0738. The average molecular weight is 572 g/mol. The van der Waals surface area contributed by atoms with Crippen molar-refractivity contribution in [2.24, 2.45) is 5.92 Å². The normalized spacial score (nSPS) is 16.5. The molecule has 8 heteroatoms. The predicted molar refractivity (Wildman–Crippen MR) is 148 cm³/mol. The van der Waals surface area contributed by atoms with Crippen molar-refractivity contribution in [2.75, 3.05) is 45.9 Å². The fourth-order valence-electron chi connectivity index (χ4n) is 5.08. The first-order valence-corrected chi connectivity index (χ1v) is 14.2. The van der Waals surface area contributed by atoms with Crippen LogP contribution < -0.4 is 5.32 Å². The second kappa shape index (κ2) is 12.2. The van der Waals surface area contributed by atoms with E-state index in [4.69, 9.17) is 4.74 Å². The van der Waals surface area contributed by atoms with E-state index in [2.05, 4.69) is 31.1 Å². The lowest BCUT2D eigenvalue weighted by Gasteiger charge is -2.27. The highest BCUT2D eigenvalue weighted by Gasteiger charge is 2.25. The maximum atomic E-state index is 16.0. The number of aromatic nitrogens is 2. The maximum absolute atomic E-state index is 16.0. The van der Waals surface area contributed by atoms with E-state index < -0.39 is 5.82 Å². The van der Waals surface area contributed by atoms with E-state index in [0.717, 1.165) is 80.6 Å². The predicted octanol–water partition coefficient (Wildman–Crippen LogP) is 5.13. The molecule has 37 heavy (non-hydrogen) atoms. The molecule has 2 aromatic carbocycles. The van der Waals surface area contributed by atoms with Gasteiger partial charge in [-0.1, -0.05) is 22.0 Å². The fraction of sp³-hybridized carbons (Fsp3) is 0.517. The summed E-state index contributed by atoms with van der Waals surface area (Å²) >= 11 is 3.50. The summed E-state index contributed by atoms with van der Waals surface area (Å²) in [6, 6.07) is 7.79. The molecule has 0 radical (unpaired) electrons. The number of hydrogen-bond donors (Lipinski definition) is 1. The molecule has 3 aromatic rings. The number of benzene rings is 2. The molecule has 1 aliphatic carbocycles. The number of carbonyl (C=O) groups excluding carboxylic acids is 1. The molecule has 0 atom stereocenters. The minimum Gasteiger partial charge on any atom is -0.373 e. The summed E-state index contributed by atoms with van der Waals surface area (Å²) in [5, 5.41) is 3.39. The maximum Gasteiger partial charge on any atom is 0.188 e. The molecule has 1 aromatic heterocycles. The topological polar surface area (TPSA) is 59.4 Å². The summed E-state index contributed by atoms with van der Waals surface area (Å²) in [7, 11) is 0. The van der Waals surface area contributed by atoms with E-state index in [0.29, 0.717) is 41.1 Å². The molecule has 0 unspecified atom stereocenters. The van der Waals surface area contributed by atoms with Gasteiger partial charge < -0.3 is 19.5 Å². The number of aryl methyl sites for hydroxylation is 2. The molecule has 198 valence electrons. The highest BCUT2D eigenvalue weighted by molar-refractivity contribution is 9.10. The van der Waals surface area contributed by atoms with Gasteiger partial charge in [-0.15, -0.1) is 0 Å². The third kappa shape index (κ3) is 6.66. The lowest BCUT2D eigenvalue weighted by atomic mass is 9.94. The van der Waals surface area contributed by atoms with Crippen molar-refractivity contribution in [3.05, 3.63) is 63.1 Å². The number of ketones is 1. The van der Waals surface area contributed by atoms with Crippen LogP contribution >= 0.6 is 15.9 Å².